The molecule has 2 aromatic heterocycles. The second-order valence-electron chi connectivity index (χ2n) is 2.92. The lowest BCUT2D eigenvalue weighted by Crippen LogP contribution is -2.05. The number of hydrogen-bond donors (Lipinski definition) is 1. The summed E-state index contributed by atoms with van der Waals surface area (Å²) in [5.74, 6) is 1.40. The fourth-order valence-electron chi connectivity index (χ4n) is 1.24. The van der Waals surface area contributed by atoms with Gasteiger partial charge >= 0.3 is 0 Å². The summed E-state index contributed by atoms with van der Waals surface area (Å²) in [7, 11) is 0. The van der Waals surface area contributed by atoms with Gasteiger partial charge in [0.2, 0.25) is 5.95 Å². The zero-order valence-electron chi connectivity index (χ0n) is 7.40. The van der Waals surface area contributed by atoms with Crippen molar-refractivity contribution in [3.63, 3.8) is 0 Å². The van der Waals surface area contributed by atoms with Crippen LogP contribution in [0.1, 0.15) is 11.5 Å². The van der Waals surface area contributed by atoms with Crippen LogP contribution < -0.4 is 5.73 Å². The van der Waals surface area contributed by atoms with E-state index in [1.807, 2.05) is 23.6 Å². The number of imidazole rings is 1. The van der Waals surface area contributed by atoms with Gasteiger partial charge in [-0.05, 0) is 19.1 Å². The van der Waals surface area contributed by atoms with Crippen molar-refractivity contribution >= 4 is 5.95 Å². The molecule has 2 aromatic rings. The Hall–Kier alpha value is -1.71. The summed E-state index contributed by atoms with van der Waals surface area (Å²) in [5.41, 5.74) is 6.70. The van der Waals surface area contributed by atoms with E-state index in [1.54, 1.807) is 12.5 Å². The van der Waals surface area contributed by atoms with E-state index in [1.165, 1.54) is 0 Å². The van der Waals surface area contributed by atoms with Crippen molar-refractivity contribution in [2.24, 2.45) is 0 Å². The topological polar surface area (TPSA) is 57.0 Å². The molecule has 0 atom stereocenters. The highest BCUT2D eigenvalue weighted by atomic mass is 16.3. The average Bonchev–Trinajstić information content (AvgIpc) is 2.70. The first-order chi connectivity index (χ1) is 6.27. The first kappa shape index (κ1) is 7.91. The Kier molecular flexibility index (Phi) is 1.81. The highest BCUT2D eigenvalue weighted by Crippen LogP contribution is 2.10. The van der Waals surface area contributed by atoms with Gasteiger partial charge in [-0.15, -0.1) is 0 Å². The number of nitrogens with zero attached hydrogens (tertiary/aromatic N) is 2. The molecule has 0 radical (unpaired) electrons. The molecule has 13 heavy (non-hydrogen) atoms. The van der Waals surface area contributed by atoms with Crippen molar-refractivity contribution < 1.29 is 4.42 Å². The third kappa shape index (κ3) is 1.42. The van der Waals surface area contributed by atoms with E-state index in [2.05, 4.69) is 4.98 Å². The standard InChI is InChI=1S/C9H11N3O/c1-7-5-11-9(10)12(7)6-8-3-2-4-13-8/h2-5H,6H2,1H3,(H2,10,11). The van der Waals surface area contributed by atoms with Crippen LogP contribution in [-0.4, -0.2) is 9.55 Å². The van der Waals surface area contributed by atoms with Crippen LogP contribution in [-0.2, 0) is 6.54 Å². The molecule has 2 rings (SSSR count). The molecule has 4 heteroatoms. The minimum Gasteiger partial charge on any atom is -0.467 e. The summed E-state index contributed by atoms with van der Waals surface area (Å²) in [6.07, 6.45) is 3.40. The van der Waals surface area contributed by atoms with Gasteiger partial charge in [-0.3, -0.25) is 0 Å². The van der Waals surface area contributed by atoms with Gasteiger partial charge in [0.1, 0.15) is 5.76 Å². The number of anilines is 1. The molecular weight excluding hydrogens is 166 g/mol. The SMILES string of the molecule is Cc1cnc(N)n1Cc1ccco1. The number of nitrogen functional groups attached to an aromatic ring is 1. The monoisotopic (exact) mass is 177 g/mol. The highest BCUT2D eigenvalue weighted by Gasteiger charge is 2.04. The molecule has 0 amide bonds. The fourth-order valence-corrected chi connectivity index (χ4v) is 1.24. The average molecular weight is 177 g/mol. The largest absolute Gasteiger partial charge is 0.467 e. The lowest BCUT2D eigenvalue weighted by Gasteiger charge is -2.03. The summed E-state index contributed by atoms with van der Waals surface area (Å²) in [6.45, 7) is 2.61. The molecule has 0 unspecified atom stereocenters. The van der Waals surface area contributed by atoms with Gasteiger partial charge in [-0.25, -0.2) is 4.98 Å². The zero-order valence-corrected chi connectivity index (χ0v) is 7.40. The fraction of sp³-hybridized carbons (Fsp3) is 0.222. The smallest absolute Gasteiger partial charge is 0.200 e. The normalized spacial score (nSPS) is 10.5. The van der Waals surface area contributed by atoms with Gasteiger partial charge in [0.15, 0.2) is 0 Å². The van der Waals surface area contributed by atoms with Crippen LogP contribution in [0.5, 0.6) is 0 Å². The number of furan rings is 1. The molecule has 0 bridgehead atoms. The van der Waals surface area contributed by atoms with E-state index in [9.17, 15) is 0 Å². The van der Waals surface area contributed by atoms with Crippen LogP contribution in [0.2, 0.25) is 0 Å². The first-order valence-electron chi connectivity index (χ1n) is 4.07. The predicted octanol–water partition coefficient (Wildman–Crippen LogP) is 1.42. The van der Waals surface area contributed by atoms with Crippen LogP contribution in [0.3, 0.4) is 0 Å². The molecule has 2 N–H and O–H groups in total. The second-order valence-corrected chi connectivity index (χ2v) is 2.92. The highest BCUT2D eigenvalue weighted by molar-refractivity contribution is 5.23. The third-order valence-corrected chi connectivity index (χ3v) is 1.98. The van der Waals surface area contributed by atoms with E-state index in [0.29, 0.717) is 12.5 Å². The second kappa shape index (κ2) is 2.97. The zero-order chi connectivity index (χ0) is 9.26. The summed E-state index contributed by atoms with van der Waals surface area (Å²) >= 11 is 0. The van der Waals surface area contributed by atoms with E-state index >= 15 is 0 Å². The molecule has 0 aromatic carbocycles. The molecule has 4 nitrogen and oxygen atoms in total. The Bertz CT molecular complexity index is 369. The van der Waals surface area contributed by atoms with E-state index in [0.717, 1.165) is 11.5 Å². The quantitative estimate of drug-likeness (QED) is 0.754. The Morgan fingerprint density at radius 1 is 1.62 bits per heavy atom. The van der Waals surface area contributed by atoms with Crippen molar-refractivity contribution in [2.45, 2.75) is 13.5 Å². The molecule has 0 aliphatic carbocycles. The Morgan fingerprint density at radius 2 is 2.46 bits per heavy atom. The molecule has 0 fully saturated rings. The number of rotatable bonds is 2. The molecular formula is C9H11N3O. The maximum Gasteiger partial charge on any atom is 0.200 e. The lowest BCUT2D eigenvalue weighted by atomic mass is 10.4. The Balaban J connectivity index is 2.27. The van der Waals surface area contributed by atoms with Crippen LogP contribution in [0, 0.1) is 6.92 Å². The van der Waals surface area contributed by atoms with Crippen molar-refractivity contribution in [1.82, 2.24) is 9.55 Å². The molecule has 68 valence electrons. The van der Waals surface area contributed by atoms with Gasteiger partial charge in [-0.1, -0.05) is 0 Å². The molecule has 0 spiro atoms. The minimum absolute atomic E-state index is 0.522. The van der Waals surface area contributed by atoms with Crippen LogP contribution in [0.15, 0.2) is 29.0 Å². The predicted molar refractivity (Wildman–Crippen MR) is 49.2 cm³/mol. The van der Waals surface area contributed by atoms with Crippen LogP contribution >= 0.6 is 0 Å². The third-order valence-electron chi connectivity index (χ3n) is 1.98. The summed E-state index contributed by atoms with van der Waals surface area (Å²) in [4.78, 5) is 4.00. The van der Waals surface area contributed by atoms with Crippen molar-refractivity contribution in [1.29, 1.82) is 0 Å². The molecule has 0 aliphatic rings. The Morgan fingerprint density at radius 3 is 3.00 bits per heavy atom. The van der Waals surface area contributed by atoms with Gasteiger partial charge < -0.3 is 14.7 Å². The maximum atomic E-state index is 5.67. The van der Waals surface area contributed by atoms with Crippen LogP contribution in [0.4, 0.5) is 5.95 Å². The Labute approximate surface area is 76.0 Å². The summed E-state index contributed by atoms with van der Waals surface area (Å²) in [5, 5.41) is 0. The van der Waals surface area contributed by atoms with Crippen LogP contribution in [0.25, 0.3) is 0 Å². The van der Waals surface area contributed by atoms with Gasteiger partial charge in [-0.2, -0.15) is 0 Å². The number of aromatic nitrogens is 2. The number of nitrogens with two attached hydrogens (primary N) is 1. The first-order valence-corrected chi connectivity index (χ1v) is 4.07. The van der Waals surface area contributed by atoms with Gasteiger partial charge in [0.05, 0.1) is 19.0 Å². The van der Waals surface area contributed by atoms with E-state index < -0.39 is 0 Å². The minimum atomic E-state index is 0.522. The summed E-state index contributed by atoms with van der Waals surface area (Å²) < 4.78 is 7.11. The molecule has 0 saturated heterocycles. The molecule has 2 heterocycles. The number of hydrogen-bond acceptors (Lipinski definition) is 3. The van der Waals surface area contributed by atoms with E-state index in [4.69, 9.17) is 10.2 Å². The van der Waals surface area contributed by atoms with Gasteiger partial charge in [0.25, 0.3) is 0 Å². The van der Waals surface area contributed by atoms with Crippen molar-refractivity contribution in [2.75, 3.05) is 5.73 Å². The molecule has 0 aliphatic heterocycles. The van der Waals surface area contributed by atoms with Crippen molar-refractivity contribution in [3.8, 4) is 0 Å². The van der Waals surface area contributed by atoms with E-state index in [-0.39, 0.29) is 0 Å². The number of aryl methyl sites for hydroxylation is 1. The lowest BCUT2D eigenvalue weighted by molar-refractivity contribution is 0.493. The van der Waals surface area contributed by atoms with Gasteiger partial charge in [0, 0.05) is 5.69 Å². The summed E-state index contributed by atoms with van der Waals surface area (Å²) in [6, 6.07) is 3.77. The van der Waals surface area contributed by atoms with Crippen molar-refractivity contribution in [3.05, 3.63) is 36.0 Å². The maximum absolute atomic E-state index is 5.67. The molecule has 0 saturated carbocycles.